The van der Waals surface area contributed by atoms with E-state index in [0.29, 0.717) is 0 Å². The number of benzene rings is 2. The molecular formula is C25H30Cl2FN3O4S. The maximum Gasteiger partial charge on any atom is 0.244 e. The average Bonchev–Trinajstić information content (AvgIpc) is 2.83. The van der Waals surface area contributed by atoms with E-state index in [1.165, 1.54) is 41.3 Å². The van der Waals surface area contributed by atoms with Crippen molar-refractivity contribution >= 4 is 50.7 Å². The highest BCUT2D eigenvalue weighted by molar-refractivity contribution is 7.92. The average molecular weight is 559 g/mol. The molecule has 11 heteroatoms. The molecule has 1 aliphatic rings. The van der Waals surface area contributed by atoms with E-state index in [9.17, 15) is 22.4 Å². The number of sulfonamides is 1. The monoisotopic (exact) mass is 557 g/mol. The summed E-state index contributed by atoms with van der Waals surface area (Å²) in [5.74, 6) is -1.60. The molecule has 0 spiro atoms. The van der Waals surface area contributed by atoms with E-state index < -0.39 is 34.3 Å². The van der Waals surface area contributed by atoms with Crippen molar-refractivity contribution in [3.05, 3.63) is 63.9 Å². The summed E-state index contributed by atoms with van der Waals surface area (Å²) in [6, 6.07) is 9.42. The first kappa shape index (κ1) is 28.2. The van der Waals surface area contributed by atoms with Crippen LogP contribution in [0.3, 0.4) is 0 Å². The molecule has 0 aliphatic heterocycles. The van der Waals surface area contributed by atoms with Gasteiger partial charge < -0.3 is 10.2 Å². The molecule has 0 heterocycles. The molecule has 196 valence electrons. The SMILES string of the molecule is C[C@H](C(=O)NC1CCCCC1)N(Cc1ccccc1F)C(=O)CN(c1cccc(Cl)c1Cl)S(C)(=O)=O. The van der Waals surface area contributed by atoms with E-state index >= 15 is 0 Å². The Morgan fingerprint density at radius 1 is 1.08 bits per heavy atom. The zero-order chi connectivity index (χ0) is 26.5. The highest BCUT2D eigenvalue weighted by atomic mass is 35.5. The summed E-state index contributed by atoms with van der Waals surface area (Å²) in [6.07, 6.45) is 5.80. The first-order chi connectivity index (χ1) is 17.0. The third-order valence-electron chi connectivity index (χ3n) is 6.30. The maximum atomic E-state index is 14.5. The Hall–Kier alpha value is -2.36. The van der Waals surface area contributed by atoms with E-state index in [1.54, 1.807) is 13.0 Å². The van der Waals surface area contributed by atoms with Crippen molar-refractivity contribution in [3.8, 4) is 0 Å². The lowest BCUT2D eigenvalue weighted by Crippen LogP contribution is -2.53. The Bertz CT molecular complexity index is 1210. The van der Waals surface area contributed by atoms with E-state index in [4.69, 9.17) is 23.2 Å². The molecule has 1 saturated carbocycles. The summed E-state index contributed by atoms with van der Waals surface area (Å²) in [6.45, 7) is 0.689. The smallest absolute Gasteiger partial charge is 0.244 e. The summed E-state index contributed by atoms with van der Waals surface area (Å²) in [4.78, 5) is 27.9. The van der Waals surface area contributed by atoms with Crippen molar-refractivity contribution in [3.63, 3.8) is 0 Å². The van der Waals surface area contributed by atoms with Crippen LogP contribution in [0.2, 0.25) is 10.0 Å². The number of nitrogens with one attached hydrogen (secondary N) is 1. The molecule has 1 atom stereocenters. The van der Waals surface area contributed by atoms with Crippen LogP contribution >= 0.6 is 23.2 Å². The lowest BCUT2D eigenvalue weighted by molar-refractivity contribution is -0.139. The highest BCUT2D eigenvalue weighted by Crippen LogP contribution is 2.33. The minimum atomic E-state index is -3.97. The number of amides is 2. The van der Waals surface area contributed by atoms with Crippen molar-refractivity contribution in [2.45, 2.75) is 57.7 Å². The van der Waals surface area contributed by atoms with Crippen LogP contribution in [0.1, 0.15) is 44.6 Å². The molecule has 0 saturated heterocycles. The van der Waals surface area contributed by atoms with Crippen LogP contribution in [0.25, 0.3) is 0 Å². The zero-order valence-electron chi connectivity index (χ0n) is 20.2. The summed E-state index contributed by atoms with van der Waals surface area (Å²) < 4.78 is 40.6. The van der Waals surface area contributed by atoms with Gasteiger partial charge in [0.15, 0.2) is 0 Å². The molecule has 2 aromatic carbocycles. The molecule has 0 bridgehead atoms. The lowest BCUT2D eigenvalue weighted by atomic mass is 9.95. The number of nitrogens with zero attached hydrogens (tertiary/aromatic N) is 2. The predicted octanol–water partition coefficient (Wildman–Crippen LogP) is 4.76. The summed E-state index contributed by atoms with van der Waals surface area (Å²) >= 11 is 12.3. The Labute approximate surface area is 221 Å². The quantitative estimate of drug-likeness (QED) is 0.481. The third-order valence-corrected chi connectivity index (χ3v) is 8.23. The molecule has 7 nitrogen and oxygen atoms in total. The van der Waals surface area contributed by atoms with E-state index in [1.807, 2.05) is 0 Å². The van der Waals surface area contributed by atoms with Crippen LogP contribution in [-0.4, -0.2) is 50.0 Å². The molecule has 0 radical (unpaired) electrons. The van der Waals surface area contributed by atoms with Gasteiger partial charge in [-0.3, -0.25) is 13.9 Å². The molecular weight excluding hydrogens is 528 g/mol. The number of halogens is 3. The molecule has 1 N–H and O–H groups in total. The number of rotatable bonds is 9. The predicted molar refractivity (Wildman–Crippen MR) is 140 cm³/mol. The molecule has 1 fully saturated rings. The van der Waals surface area contributed by atoms with Gasteiger partial charge in [-0.2, -0.15) is 0 Å². The minimum absolute atomic E-state index is 0.0110. The first-order valence-electron chi connectivity index (χ1n) is 11.7. The molecule has 36 heavy (non-hydrogen) atoms. The van der Waals surface area contributed by atoms with Gasteiger partial charge in [-0.05, 0) is 38.0 Å². The normalized spacial score (nSPS) is 15.2. The van der Waals surface area contributed by atoms with E-state index in [-0.39, 0.29) is 39.8 Å². The molecule has 2 aromatic rings. The Morgan fingerprint density at radius 3 is 2.39 bits per heavy atom. The topological polar surface area (TPSA) is 86.8 Å². The van der Waals surface area contributed by atoms with Crippen LogP contribution in [0.4, 0.5) is 10.1 Å². The fourth-order valence-corrected chi connectivity index (χ4v) is 5.54. The van der Waals surface area contributed by atoms with Crippen molar-refractivity contribution < 1.29 is 22.4 Å². The molecule has 2 amide bonds. The van der Waals surface area contributed by atoms with Gasteiger partial charge in [-0.25, -0.2) is 12.8 Å². The van der Waals surface area contributed by atoms with Crippen LogP contribution < -0.4 is 9.62 Å². The fraction of sp³-hybridized carbons (Fsp3) is 0.440. The number of hydrogen-bond donors (Lipinski definition) is 1. The molecule has 3 rings (SSSR count). The number of carbonyl (C=O) groups excluding carboxylic acids is 2. The number of hydrogen-bond acceptors (Lipinski definition) is 4. The second-order valence-corrected chi connectivity index (χ2v) is 11.7. The maximum absolute atomic E-state index is 14.5. The van der Waals surface area contributed by atoms with Crippen LogP contribution in [-0.2, 0) is 26.2 Å². The van der Waals surface area contributed by atoms with Crippen molar-refractivity contribution in [1.29, 1.82) is 0 Å². The number of anilines is 1. The third kappa shape index (κ3) is 7.11. The summed E-state index contributed by atoms with van der Waals surface area (Å²) in [5.41, 5.74) is 0.236. The van der Waals surface area contributed by atoms with Crippen LogP contribution in [0.5, 0.6) is 0 Å². The van der Waals surface area contributed by atoms with Gasteiger partial charge in [-0.15, -0.1) is 0 Å². The van der Waals surface area contributed by atoms with Gasteiger partial charge in [0.2, 0.25) is 21.8 Å². The van der Waals surface area contributed by atoms with Gasteiger partial charge in [0, 0.05) is 18.2 Å². The van der Waals surface area contributed by atoms with Crippen molar-refractivity contribution in [1.82, 2.24) is 10.2 Å². The second-order valence-electron chi connectivity index (χ2n) is 8.98. The minimum Gasteiger partial charge on any atom is -0.352 e. The van der Waals surface area contributed by atoms with Gasteiger partial charge in [0.25, 0.3) is 0 Å². The van der Waals surface area contributed by atoms with Crippen LogP contribution in [0.15, 0.2) is 42.5 Å². The van der Waals surface area contributed by atoms with E-state index in [2.05, 4.69) is 5.32 Å². The highest BCUT2D eigenvalue weighted by Gasteiger charge is 2.32. The lowest BCUT2D eigenvalue weighted by Gasteiger charge is -2.33. The van der Waals surface area contributed by atoms with Gasteiger partial charge in [-0.1, -0.05) is 66.7 Å². The van der Waals surface area contributed by atoms with E-state index in [0.717, 1.165) is 42.7 Å². The summed E-state index contributed by atoms with van der Waals surface area (Å²) in [5, 5.41) is 3.09. The summed E-state index contributed by atoms with van der Waals surface area (Å²) in [7, 11) is -3.97. The van der Waals surface area contributed by atoms with Crippen LogP contribution in [0, 0.1) is 5.82 Å². The van der Waals surface area contributed by atoms with Crippen molar-refractivity contribution in [2.75, 3.05) is 17.1 Å². The molecule has 0 aromatic heterocycles. The second kappa shape index (κ2) is 12.3. The fourth-order valence-electron chi connectivity index (χ4n) is 4.24. The molecule has 1 aliphatic carbocycles. The standard InChI is InChI=1S/C25H30Cl2FN3O4S/c1-17(25(33)29-19-10-4-3-5-11-19)30(15-18-9-6-7-13-21(18)28)23(32)16-31(36(2,34)35)22-14-8-12-20(26)24(22)27/h6-9,12-14,17,19H,3-5,10-11,15-16H2,1-2H3,(H,29,33)/t17-/m1/s1. The Morgan fingerprint density at radius 2 is 1.75 bits per heavy atom. The van der Waals surface area contributed by atoms with Gasteiger partial charge in [0.1, 0.15) is 18.4 Å². The first-order valence-corrected chi connectivity index (χ1v) is 14.3. The Kier molecular flexibility index (Phi) is 9.60. The van der Waals surface area contributed by atoms with Gasteiger partial charge >= 0.3 is 0 Å². The molecule has 0 unspecified atom stereocenters. The largest absolute Gasteiger partial charge is 0.352 e. The van der Waals surface area contributed by atoms with Crippen molar-refractivity contribution in [2.24, 2.45) is 0 Å². The number of carbonyl (C=O) groups is 2. The zero-order valence-corrected chi connectivity index (χ0v) is 22.5. The Balaban J connectivity index is 1.91. The van der Waals surface area contributed by atoms with Gasteiger partial charge in [0.05, 0.1) is 22.0 Å².